The Morgan fingerprint density at radius 2 is 1.83 bits per heavy atom. The third-order valence-corrected chi connectivity index (χ3v) is 5.70. The van der Waals surface area contributed by atoms with Crippen molar-refractivity contribution in [3.63, 3.8) is 0 Å². The van der Waals surface area contributed by atoms with E-state index in [-0.39, 0.29) is 31.4 Å². The highest BCUT2D eigenvalue weighted by molar-refractivity contribution is 6.07. The van der Waals surface area contributed by atoms with Gasteiger partial charge in [0.2, 0.25) is 5.91 Å². The molecule has 0 aliphatic carbocycles. The second-order valence-electron chi connectivity index (χ2n) is 7.59. The van der Waals surface area contributed by atoms with Crippen molar-refractivity contribution in [2.45, 2.75) is 45.1 Å². The van der Waals surface area contributed by atoms with Crippen LogP contribution >= 0.6 is 0 Å². The van der Waals surface area contributed by atoms with Crippen molar-refractivity contribution in [1.82, 2.24) is 10.2 Å². The van der Waals surface area contributed by atoms with Crippen LogP contribution in [0.4, 0.5) is 0 Å². The molecule has 0 unspecified atom stereocenters. The molecule has 7 nitrogen and oxygen atoms in total. The van der Waals surface area contributed by atoms with E-state index in [0.717, 1.165) is 16.7 Å². The van der Waals surface area contributed by atoms with Crippen molar-refractivity contribution in [1.29, 1.82) is 0 Å². The number of ether oxygens (including phenoxy) is 1. The molecule has 1 atom stereocenters. The monoisotopic (exact) mass is 394 g/mol. The first-order valence-electron chi connectivity index (χ1n) is 9.52. The topological polar surface area (TPSA) is 95.9 Å². The van der Waals surface area contributed by atoms with Crippen molar-refractivity contribution in [3.8, 4) is 5.75 Å². The summed E-state index contributed by atoms with van der Waals surface area (Å²) >= 11 is 0. The van der Waals surface area contributed by atoms with Gasteiger partial charge in [-0.25, -0.2) is 0 Å². The van der Waals surface area contributed by atoms with E-state index in [9.17, 15) is 14.4 Å². The summed E-state index contributed by atoms with van der Waals surface area (Å²) in [5.74, 6) is -0.389. The number of hydrogen-bond donors (Lipinski definition) is 2. The second kappa shape index (κ2) is 7.33. The van der Waals surface area contributed by atoms with Gasteiger partial charge in [0.15, 0.2) is 0 Å². The van der Waals surface area contributed by atoms with Crippen LogP contribution in [0, 0.1) is 0 Å². The van der Waals surface area contributed by atoms with E-state index >= 15 is 0 Å². The molecule has 2 aliphatic heterocycles. The summed E-state index contributed by atoms with van der Waals surface area (Å²) in [5, 5.41) is 11.5. The first kappa shape index (κ1) is 19.1. The maximum atomic E-state index is 13.0. The van der Waals surface area contributed by atoms with E-state index in [1.165, 1.54) is 4.90 Å². The van der Waals surface area contributed by atoms with Gasteiger partial charge in [-0.05, 0) is 36.6 Å². The third kappa shape index (κ3) is 3.38. The zero-order valence-corrected chi connectivity index (χ0v) is 16.1. The van der Waals surface area contributed by atoms with Crippen LogP contribution < -0.4 is 10.1 Å². The molecular formula is C22H22N2O5. The minimum Gasteiger partial charge on any atom is -0.489 e. The highest BCUT2D eigenvalue weighted by Gasteiger charge is 2.48. The van der Waals surface area contributed by atoms with Gasteiger partial charge in [-0.15, -0.1) is 0 Å². The van der Waals surface area contributed by atoms with Gasteiger partial charge in [0, 0.05) is 17.5 Å². The quantitative estimate of drug-likeness (QED) is 0.756. The number of fused-ring (bicyclic) bond motifs is 1. The number of piperidine rings is 1. The third-order valence-electron chi connectivity index (χ3n) is 5.70. The fourth-order valence-corrected chi connectivity index (χ4v) is 3.79. The molecule has 29 heavy (non-hydrogen) atoms. The number of aliphatic hydroxyl groups excluding tert-OH is 1. The maximum Gasteiger partial charge on any atom is 0.255 e. The highest BCUT2D eigenvalue weighted by atomic mass is 16.5. The molecule has 0 aromatic heterocycles. The minimum absolute atomic E-state index is 0.0107. The first-order valence-corrected chi connectivity index (χ1v) is 9.52. The van der Waals surface area contributed by atoms with E-state index in [4.69, 9.17) is 9.84 Å². The molecule has 0 spiro atoms. The lowest BCUT2D eigenvalue weighted by Crippen LogP contribution is -2.61. The molecule has 2 aromatic carbocycles. The molecule has 2 aromatic rings. The summed E-state index contributed by atoms with van der Waals surface area (Å²) in [4.78, 5) is 38.5. The molecule has 1 saturated heterocycles. The average Bonchev–Trinajstić information content (AvgIpc) is 3.08. The fraction of sp³-hybridized carbons (Fsp3) is 0.318. The van der Waals surface area contributed by atoms with E-state index in [2.05, 4.69) is 5.32 Å². The zero-order chi connectivity index (χ0) is 20.6. The van der Waals surface area contributed by atoms with Gasteiger partial charge < -0.3 is 14.7 Å². The number of amides is 3. The van der Waals surface area contributed by atoms with Gasteiger partial charge in [0.25, 0.3) is 11.8 Å². The molecule has 0 saturated carbocycles. The number of benzene rings is 2. The fourth-order valence-electron chi connectivity index (χ4n) is 3.79. The second-order valence-corrected chi connectivity index (χ2v) is 7.59. The lowest BCUT2D eigenvalue weighted by Gasteiger charge is -2.39. The van der Waals surface area contributed by atoms with E-state index in [0.29, 0.717) is 24.3 Å². The van der Waals surface area contributed by atoms with Crippen molar-refractivity contribution < 1.29 is 24.2 Å². The van der Waals surface area contributed by atoms with Crippen LogP contribution in [0.2, 0.25) is 0 Å². The van der Waals surface area contributed by atoms with Gasteiger partial charge >= 0.3 is 0 Å². The molecule has 7 heteroatoms. The van der Waals surface area contributed by atoms with Gasteiger partial charge in [-0.3, -0.25) is 19.7 Å². The number of hydrogen-bond acceptors (Lipinski definition) is 5. The van der Waals surface area contributed by atoms with Gasteiger partial charge in [-0.1, -0.05) is 30.3 Å². The van der Waals surface area contributed by atoms with Crippen LogP contribution in [0.3, 0.4) is 0 Å². The van der Waals surface area contributed by atoms with Crippen molar-refractivity contribution in [3.05, 3.63) is 64.7 Å². The van der Waals surface area contributed by atoms with Crippen molar-refractivity contribution in [2.75, 3.05) is 0 Å². The summed E-state index contributed by atoms with van der Waals surface area (Å²) < 4.78 is 5.97. The Morgan fingerprint density at radius 1 is 1.10 bits per heavy atom. The molecule has 1 fully saturated rings. The number of aliphatic hydroxyl groups is 1. The molecule has 2 aliphatic rings. The summed E-state index contributed by atoms with van der Waals surface area (Å²) in [6, 6.07) is 12.7. The molecule has 2 heterocycles. The maximum absolute atomic E-state index is 13.0. The number of carbonyl (C=O) groups is 3. The summed E-state index contributed by atoms with van der Waals surface area (Å²) in [6.45, 7) is 2.26. The summed E-state index contributed by atoms with van der Waals surface area (Å²) in [7, 11) is 0. The predicted molar refractivity (Wildman–Crippen MR) is 104 cm³/mol. The normalized spacial score (nSPS) is 21.2. The zero-order valence-electron chi connectivity index (χ0n) is 16.1. The van der Waals surface area contributed by atoms with Crippen molar-refractivity contribution >= 4 is 17.7 Å². The van der Waals surface area contributed by atoms with E-state index < -0.39 is 11.4 Å². The number of nitrogens with zero attached hydrogens (tertiary/aromatic N) is 1. The molecule has 150 valence electrons. The molecule has 3 amide bonds. The summed E-state index contributed by atoms with van der Waals surface area (Å²) in [6.07, 6.45) is 0.500. The smallest absolute Gasteiger partial charge is 0.255 e. The molecule has 2 N–H and O–H groups in total. The van der Waals surface area contributed by atoms with Gasteiger partial charge in [0.05, 0.1) is 13.2 Å². The van der Waals surface area contributed by atoms with Gasteiger partial charge in [-0.2, -0.15) is 0 Å². The minimum atomic E-state index is -1.07. The number of carbonyl (C=O) groups excluding carboxylic acids is 3. The Morgan fingerprint density at radius 3 is 2.52 bits per heavy atom. The summed E-state index contributed by atoms with van der Waals surface area (Å²) in [5.41, 5.74) is 1.96. The van der Waals surface area contributed by atoms with Crippen LogP contribution in [0.1, 0.15) is 46.8 Å². The Labute approximate surface area is 168 Å². The Hall–Kier alpha value is -3.19. The van der Waals surface area contributed by atoms with Gasteiger partial charge in [0.1, 0.15) is 17.9 Å². The van der Waals surface area contributed by atoms with Crippen LogP contribution in [0.5, 0.6) is 5.75 Å². The van der Waals surface area contributed by atoms with E-state index in [1.807, 2.05) is 30.3 Å². The average molecular weight is 394 g/mol. The predicted octanol–water partition coefficient (Wildman–Crippen LogP) is 1.91. The Kier molecular flexibility index (Phi) is 4.84. The Bertz CT molecular complexity index is 985. The van der Waals surface area contributed by atoms with E-state index in [1.54, 1.807) is 19.1 Å². The number of rotatable bonds is 5. The Balaban J connectivity index is 1.54. The van der Waals surface area contributed by atoms with Crippen LogP contribution in [0.25, 0.3) is 0 Å². The van der Waals surface area contributed by atoms with Crippen LogP contribution in [-0.4, -0.2) is 33.3 Å². The highest BCUT2D eigenvalue weighted by Crippen LogP contribution is 2.37. The van der Waals surface area contributed by atoms with Crippen molar-refractivity contribution in [2.24, 2.45) is 0 Å². The molecule has 0 bridgehead atoms. The number of imide groups is 1. The lowest BCUT2D eigenvalue weighted by molar-refractivity contribution is -0.142. The first-order chi connectivity index (χ1) is 13.9. The molecular weight excluding hydrogens is 372 g/mol. The van der Waals surface area contributed by atoms with Crippen LogP contribution in [0.15, 0.2) is 42.5 Å². The lowest BCUT2D eigenvalue weighted by atomic mass is 9.89. The molecule has 0 radical (unpaired) electrons. The molecule has 4 rings (SSSR count). The van der Waals surface area contributed by atoms with Crippen LogP contribution in [-0.2, 0) is 29.3 Å². The SMILES string of the molecule is C[C@]1(N2Cc3c(OCc4ccc(CO)cc4)cccc3C2=O)CCC(=O)NC1=O. The number of nitrogens with one attached hydrogen (secondary N) is 1. The largest absolute Gasteiger partial charge is 0.489 e. The standard InChI is InChI=1S/C22H22N2O5/c1-22(10-9-19(26)23-21(22)28)24-11-17-16(20(24)27)3-2-4-18(17)29-13-15-7-5-14(12-25)6-8-15/h2-8,25H,9-13H2,1H3,(H,23,26,28)/t22-/m0/s1.